The highest BCUT2D eigenvalue weighted by atomic mass is 19.4. The zero-order chi connectivity index (χ0) is 20.7. The van der Waals surface area contributed by atoms with E-state index < -0.39 is 17.6 Å². The molecule has 0 spiro atoms. The molecule has 1 aromatic heterocycles. The molecule has 0 aliphatic rings. The van der Waals surface area contributed by atoms with Crippen LogP contribution in [0.3, 0.4) is 0 Å². The van der Waals surface area contributed by atoms with Crippen LogP contribution in [0.25, 0.3) is 0 Å². The third-order valence-corrected chi connectivity index (χ3v) is 4.00. The zero-order valence-electron chi connectivity index (χ0n) is 15.7. The molecule has 2 rings (SSSR count). The van der Waals surface area contributed by atoms with Crippen molar-refractivity contribution < 1.29 is 22.8 Å². The van der Waals surface area contributed by atoms with Crippen LogP contribution in [0.4, 0.5) is 18.9 Å². The van der Waals surface area contributed by atoms with Crippen LogP contribution in [-0.2, 0) is 6.18 Å². The molecule has 28 heavy (non-hydrogen) atoms. The summed E-state index contributed by atoms with van der Waals surface area (Å²) in [4.78, 5) is 30.7. The lowest BCUT2D eigenvalue weighted by atomic mass is 10.1. The molecule has 0 saturated heterocycles. The zero-order valence-corrected chi connectivity index (χ0v) is 15.7. The van der Waals surface area contributed by atoms with Gasteiger partial charge >= 0.3 is 6.18 Å². The van der Waals surface area contributed by atoms with Gasteiger partial charge in [0.1, 0.15) is 5.69 Å². The van der Waals surface area contributed by atoms with Crippen LogP contribution in [0.15, 0.2) is 42.6 Å². The Balaban J connectivity index is 2.25. The van der Waals surface area contributed by atoms with Crippen molar-refractivity contribution in [2.24, 2.45) is 0 Å². The fraction of sp³-hybridized carbons (Fsp3) is 0.350. The van der Waals surface area contributed by atoms with Gasteiger partial charge in [0.05, 0.1) is 11.3 Å². The highest BCUT2D eigenvalue weighted by molar-refractivity contribution is 6.06. The number of rotatable bonds is 7. The van der Waals surface area contributed by atoms with E-state index in [-0.39, 0.29) is 22.9 Å². The van der Waals surface area contributed by atoms with Gasteiger partial charge < -0.3 is 10.2 Å². The van der Waals surface area contributed by atoms with Crippen molar-refractivity contribution in [2.75, 3.05) is 18.4 Å². The van der Waals surface area contributed by atoms with Crippen LogP contribution in [0.2, 0.25) is 0 Å². The lowest BCUT2D eigenvalue weighted by Gasteiger charge is -2.21. The molecule has 150 valence electrons. The third kappa shape index (κ3) is 5.31. The van der Waals surface area contributed by atoms with Crippen molar-refractivity contribution in [2.45, 2.75) is 32.9 Å². The van der Waals surface area contributed by atoms with Crippen molar-refractivity contribution in [3.8, 4) is 0 Å². The van der Waals surface area contributed by atoms with E-state index in [0.717, 1.165) is 18.9 Å². The summed E-state index contributed by atoms with van der Waals surface area (Å²) in [5.41, 5.74) is -1.14. The minimum Gasteiger partial charge on any atom is -0.337 e. The number of hydrogen-bond acceptors (Lipinski definition) is 3. The molecular weight excluding hydrogens is 371 g/mol. The van der Waals surface area contributed by atoms with Crippen LogP contribution in [0, 0.1) is 0 Å². The van der Waals surface area contributed by atoms with E-state index in [0.29, 0.717) is 13.1 Å². The van der Waals surface area contributed by atoms with Crippen molar-refractivity contribution in [3.63, 3.8) is 0 Å². The molecule has 2 aromatic rings. The molecule has 5 nitrogen and oxygen atoms in total. The first-order valence-corrected chi connectivity index (χ1v) is 9.00. The van der Waals surface area contributed by atoms with Crippen molar-refractivity contribution in [1.29, 1.82) is 0 Å². The molecule has 0 atom stereocenters. The van der Waals surface area contributed by atoms with Crippen LogP contribution in [0.5, 0.6) is 0 Å². The highest BCUT2D eigenvalue weighted by Gasteiger charge is 2.33. The molecule has 0 fully saturated rings. The van der Waals surface area contributed by atoms with Crippen LogP contribution >= 0.6 is 0 Å². The Labute approximate surface area is 161 Å². The predicted octanol–water partition coefficient (Wildman–Crippen LogP) is 4.61. The summed E-state index contributed by atoms with van der Waals surface area (Å²) in [5.74, 6) is -1.06. The Hall–Kier alpha value is -2.90. The standard InChI is InChI=1S/C20H22F3N3O2/c1-3-11-26(12-4-2)19(28)17-13-14(9-10-24-17)18(27)25-16-8-6-5-7-15(16)20(21,22)23/h5-10,13H,3-4,11-12H2,1-2H3,(H,25,27). The predicted molar refractivity (Wildman–Crippen MR) is 100 cm³/mol. The average molecular weight is 393 g/mol. The van der Waals surface area contributed by atoms with Crippen LogP contribution in [-0.4, -0.2) is 34.8 Å². The van der Waals surface area contributed by atoms with Gasteiger partial charge in [-0.25, -0.2) is 0 Å². The molecule has 1 N–H and O–H groups in total. The van der Waals surface area contributed by atoms with Gasteiger partial charge in [0.2, 0.25) is 0 Å². The second-order valence-electron chi connectivity index (χ2n) is 6.22. The summed E-state index contributed by atoms with van der Waals surface area (Å²) in [5, 5.41) is 2.27. The maximum Gasteiger partial charge on any atom is 0.418 e. The fourth-order valence-corrected chi connectivity index (χ4v) is 2.74. The van der Waals surface area contributed by atoms with Gasteiger partial charge in [0.15, 0.2) is 0 Å². The SMILES string of the molecule is CCCN(CCC)C(=O)c1cc(C(=O)Nc2ccccc2C(F)(F)F)ccn1. The number of carbonyl (C=O) groups is 2. The minimum atomic E-state index is -4.59. The van der Waals surface area contributed by atoms with Crippen molar-refractivity contribution in [3.05, 3.63) is 59.4 Å². The second kappa shape index (κ2) is 9.34. The summed E-state index contributed by atoms with van der Waals surface area (Å²) in [7, 11) is 0. The average Bonchev–Trinajstić information content (AvgIpc) is 2.67. The van der Waals surface area contributed by atoms with E-state index >= 15 is 0 Å². The Morgan fingerprint density at radius 3 is 2.32 bits per heavy atom. The minimum absolute atomic E-state index is 0.0586. The van der Waals surface area contributed by atoms with Gasteiger partial charge in [-0.15, -0.1) is 0 Å². The molecule has 0 aliphatic carbocycles. The Morgan fingerprint density at radius 2 is 1.71 bits per heavy atom. The summed E-state index contributed by atoms with van der Waals surface area (Å²) in [6.07, 6.45) is -1.74. The van der Waals surface area contributed by atoms with E-state index in [1.807, 2.05) is 13.8 Å². The summed E-state index contributed by atoms with van der Waals surface area (Å²) < 4.78 is 39.3. The maximum atomic E-state index is 13.1. The number of nitrogens with one attached hydrogen (secondary N) is 1. The molecule has 0 saturated carbocycles. The molecule has 0 aliphatic heterocycles. The number of para-hydroxylation sites is 1. The van der Waals surface area contributed by atoms with Crippen LogP contribution in [0.1, 0.15) is 53.1 Å². The number of nitrogens with zero attached hydrogens (tertiary/aromatic N) is 2. The molecular formula is C20H22F3N3O2. The number of alkyl halides is 3. The topological polar surface area (TPSA) is 62.3 Å². The highest BCUT2D eigenvalue weighted by Crippen LogP contribution is 2.34. The quantitative estimate of drug-likeness (QED) is 0.747. The molecule has 0 unspecified atom stereocenters. The number of halogens is 3. The number of benzene rings is 1. The number of hydrogen-bond donors (Lipinski definition) is 1. The van der Waals surface area contributed by atoms with E-state index in [1.165, 1.54) is 36.5 Å². The summed E-state index contributed by atoms with van der Waals surface area (Å²) in [6, 6.07) is 7.37. The first-order valence-electron chi connectivity index (χ1n) is 9.00. The molecule has 8 heteroatoms. The first-order chi connectivity index (χ1) is 13.3. The van der Waals surface area contributed by atoms with Gasteiger partial charge in [-0.2, -0.15) is 13.2 Å². The van der Waals surface area contributed by atoms with Gasteiger partial charge in [0, 0.05) is 24.8 Å². The van der Waals surface area contributed by atoms with E-state index in [9.17, 15) is 22.8 Å². The van der Waals surface area contributed by atoms with Gasteiger partial charge in [0.25, 0.3) is 11.8 Å². The van der Waals surface area contributed by atoms with Crippen LogP contribution < -0.4 is 5.32 Å². The van der Waals surface area contributed by atoms with Gasteiger partial charge in [-0.1, -0.05) is 26.0 Å². The van der Waals surface area contributed by atoms with Crippen molar-refractivity contribution >= 4 is 17.5 Å². The molecule has 0 bridgehead atoms. The number of aromatic nitrogens is 1. The lowest BCUT2D eigenvalue weighted by molar-refractivity contribution is -0.136. The molecule has 1 heterocycles. The summed E-state index contributed by atoms with van der Waals surface area (Å²) in [6.45, 7) is 5.02. The first kappa shape index (κ1) is 21.4. The Morgan fingerprint density at radius 1 is 1.07 bits per heavy atom. The van der Waals surface area contributed by atoms with E-state index in [2.05, 4.69) is 10.3 Å². The lowest BCUT2D eigenvalue weighted by Crippen LogP contribution is -2.33. The number of carbonyl (C=O) groups excluding carboxylic acids is 2. The van der Waals surface area contributed by atoms with Crippen molar-refractivity contribution in [1.82, 2.24) is 9.88 Å². The Bertz CT molecular complexity index is 831. The molecule has 2 amide bonds. The van der Waals surface area contributed by atoms with E-state index in [4.69, 9.17) is 0 Å². The number of amides is 2. The Kier molecular flexibility index (Phi) is 7.14. The smallest absolute Gasteiger partial charge is 0.337 e. The largest absolute Gasteiger partial charge is 0.418 e. The molecule has 0 radical (unpaired) electrons. The fourth-order valence-electron chi connectivity index (χ4n) is 2.74. The molecule has 1 aromatic carbocycles. The van der Waals surface area contributed by atoms with Gasteiger partial charge in [-0.05, 0) is 37.1 Å². The number of anilines is 1. The van der Waals surface area contributed by atoms with Gasteiger partial charge in [-0.3, -0.25) is 14.6 Å². The number of pyridine rings is 1. The third-order valence-electron chi connectivity index (χ3n) is 4.00. The normalized spacial score (nSPS) is 11.2. The summed E-state index contributed by atoms with van der Waals surface area (Å²) >= 11 is 0. The van der Waals surface area contributed by atoms with E-state index in [1.54, 1.807) is 4.90 Å². The second-order valence-corrected chi connectivity index (χ2v) is 6.22. The maximum absolute atomic E-state index is 13.1. The monoisotopic (exact) mass is 393 g/mol.